The van der Waals surface area contributed by atoms with Gasteiger partial charge in [0.2, 0.25) is 5.91 Å². The Labute approximate surface area is 167 Å². The second-order valence-electron chi connectivity index (χ2n) is 6.54. The van der Waals surface area contributed by atoms with E-state index in [-0.39, 0.29) is 24.4 Å². The fourth-order valence-electron chi connectivity index (χ4n) is 3.24. The predicted octanol–water partition coefficient (Wildman–Crippen LogP) is 3.13. The maximum absolute atomic E-state index is 12.6. The second kappa shape index (κ2) is 8.60. The molecule has 0 bridgehead atoms. The smallest absolute Gasteiger partial charge is 0.337 e. The van der Waals surface area contributed by atoms with Crippen LogP contribution >= 0.6 is 0 Å². The van der Waals surface area contributed by atoms with Gasteiger partial charge in [-0.1, -0.05) is 18.2 Å². The van der Waals surface area contributed by atoms with Gasteiger partial charge >= 0.3 is 5.97 Å². The SMILES string of the molecule is COC(=O)c1cccc(NC(=O)CCn2c(=O)cc(C)c3cccc(OC)c32)c1. The zero-order valence-corrected chi connectivity index (χ0v) is 16.5. The van der Waals surface area contributed by atoms with Crippen LogP contribution in [0.5, 0.6) is 5.75 Å². The van der Waals surface area contributed by atoms with E-state index in [4.69, 9.17) is 4.74 Å². The van der Waals surface area contributed by atoms with E-state index < -0.39 is 5.97 Å². The third-order valence-corrected chi connectivity index (χ3v) is 4.65. The number of benzene rings is 2. The molecule has 1 aromatic heterocycles. The molecule has 29 heavy (non-hydrogen) atoms. The summed E-state index contributed by atoms with van der Waals surface area (Å²) in [4.78, 5) is 36.6. The van der Waals surface area contributed by atoms with Crippen molar-refractivity contribution in [1.82, 2.24) is 4.57 Å². The van der Waals surface area contributed by atoms with Crippen LogP contribution in [0.1, 0.15) is 22.3 Å². The lowest BCUT2D eigenvalue weighted by Gasteiger charge is -2.15. The van der Waals surface area contributed by atoms with Crippen LogP contribution in [0.15, 0.2) is 53.3 Å². The number of carbonyl (C=O) groups excluding carboxylic acids is 2. The van der Waals surface area contributed by atoms with Crippen LogP contribution in [-0.4, -0.2) is 30.7 Å². The first-order chi connectivity index (χ1) is 13.9. The molecule has 0 spiro atoms. The molecule has 0 saturated carbocycles. The molecule has 150 valence electrons. The number of hydrogen-bond donors (Lipinski definition) is 1. The number of aryl methyl sites for hydroxylation is 2. The first-order valence-corrected chi connectivity index (χ1v) is 9.10. The molecule has 7 heteroatoms. The van der Waals surface area contributed by atoms with Gasteiger partial charge in [-0.3, -0.25) is 9.59 Å². The van der Waals surface area contributed by atoms with Crippen LogP contribution < -0.4 is 15.6 Å². The standard InChI is InChI=1S/C22H22N2O5/c1-14-12-20(26)24(21-17(14)8-5-9-18(21)28-2)11-10-19(25)23-16-7-4-6-15(13-16)22(27)29-3/h4-9,12-13H,10-11H2,1-3H3,(H,23,25). The molecule has 0 aliphatic rings. The normalized spacial score (nSPS) is 10.6. The van der Waals surface area contributed by atoms with Crippen LogP contribution in [0.4, 0.5) is 5.69 Å². The molecule has 0 aliphatic heterocycles. The number of nitrogens with zero attached hydrogens (tertiary/aromatic N) is 1. The lowest BCUT2D eigenvalue weighted by atomic mass is 10.1. The van der Waals surface area contributed by atoms with Crippen molar-refractivity contribution < 1.29 is 19.1 Å². The Morgan fingerprint density at radius 3 is 2.55 bits per heavy atom. The summed E-state index contributed by atoms with van der Waals surface area (Å²) >= 11 is 0. The number of amides is 1. The van der Waals surface area contributed by atoms with E-state index in [1.807, 2.05) is 19.1 Å². The highest BCUT2D eigenvalue weighted by atomic mass is 16.5. The number of carbonyl (C=O) groups is 2. The Hall–Kier alpha value is -3.61. The molecule has 0 saturated heterocycles. The zero-order valence-electron chi connectivity index (χ0n) is 16.5. The third kappa shape index (κ3) is 4.29. The number of methoxy groups -OCH3 is 2. The molecule has 0 fully saturated rings. The van der Waals surface area contributed by atoms with Crippen molar-refractivity contribution in [2.45, 2.75) is 19.9 Å². The number of anilines is 1. The molecule has 0 atom stereocenters. The molecule has 0 aliphatic carbocycles. The van der Waals surface area contributed by atoms with Crippen molar-refractivity contribution in [3.63, 3.8) is 0 Å². The fourth-order valence-corrected chi connectivity index (χ4v) is 3.24. The number of aromatic nitrogens is 1. The van der Waals surface area contributed by atoms with E-state index in [0.717, 1.165) is 10.9 Å². The molecule has 3 rings (SSSR count). The second-order valence-corrected chi connectivity index (χ2v) is 6.54. The predicted molar refractivity (Wildman–Crippen MR) is 111 cm³/mol. The Bertz CT molecular complexity index is 1130. The molecule has 1 heterocycles. The third-order valence-electron chi connectivity index (χ3n) is 4.65. The summed E-state index contributed by atoms with van der Waals surface area (Å²) < 4.78 is 11.7. The summed E-state index contributed by atoms with van der Waals surface area (Å²) in [7, 11) is 2.85. The monoisotopic (exact) mass is 394 g/mol. The van der Waals surface area contributed by atoms with Gasteiger partial charge in [0.15, 0.2) is 0 Å². The Balaban J connectivity index is 1.82. The summed E-state index contributed by atoms with van der Waals surface area (Å²) in [6.45, 7) is 2.06. The number of esters is 1. The molecular weight excluding hydrogens is 372 g/mol. The maximum Gasteiger partial charge on any atom is 0.337 e. The van der Waals surface area contributed by atoms with Gasteiger partial charge in [-0.25, -0.2) is 4.79 Å². The summed E-state index contributed by atoms with van der Waals surface area (Å²) in [5.74, 6) is -0.178. The molecule has 2 aromatic carbocycles. The van der Waals surface area contributed by atoms with E-state index >= 15 is 0 Å². The summed E-state index contributed by atoms with van der Waals surface area (Å²) in [6.07, 6.45) is 0.0819. The van der Waals surface area contributed by atoms with Crippen molar-refractivity contribution in [1.29, 1.82) is 0 Å². The van der Waals surface area contributed by atoms with Crippen molar-refractivity contribution in [2.24, 2.45) is 0 Å². The van der Waals surface area contributed by atoms with Crippen LogP contribution in [0.25, 0.3) is 10.9 Å². The van der Waals surface area contributed by atoms with Gasteiger partial charge in [-0.15, -0.1) is 0 Å². The first kappa shape index (κ1) is 20.1. The highest BCUT2D eigenvalue weighted by Crippen LogP contribution is 2.26. The van der Waals surface area contributed by atoms with Gasteiger partial charge < -0.3 is 19.4 Å². The summed E-state index contributed by atoms with van der Waals surface area (Å²) in [5, 5.41) is 3.64. The maximum atomic E-state index is 12.6. The van der Waals surface area contributed by atoms with Gasteiger partial charge in [0.05, 0.1) is 25.3 Å². The molecular formula is C22H22N2O5. The highest BCUT2D eigenvalue weighted by molar-refractivity contribution is 5.94. The minimum atomic E-state index is -0.481. The molecule has 0 radical (unpaired) electrons. The average Bonchev–Trinajstić information content (AvgIpc) is 2.72. The van der Waals surface area contributed by atoms with Crippen LogP contribution in [-0.2, 0) is 16.1 Å². The van der Waals surface area contributed by atoms with E-state index in [2.05, 4.69) is 10.1 Å². The van der Waals surface area contributed by atoms with E-state index in [0.29, 0.717) is 22.5 Å². The van der Waals surface area contributed by atoms with Gasteiger partial charge in [-0.2, -0.15) is 0 Å². The molecule has 1 N–H and O–H groups in total. The molecule has 3 aromatic rings. The number of nitrogens with one attached hydrogen (secondary N) is 1. The van der Waals surface area contributed by atoms with Crippen LogP contribution in [0.3, 0.4) is 0 Å². The summed E-state index contributed by atoms with van der Waals surface area (Å²) in [5.41, 5.74) is 2.15. The van der Waals surface area contributed by atoms with Crippen molar-refractivity contribution >= 4 is 28.5 Å². The van der Waals surface area contributed by atoms with E-state index in [1.54, 1.807) is 48.1 Å². The van der Waals surface area contributed by atoms with Crippen molar-refractivity contribution in [3.8, 4) is 5.75 Å². The molecule has 1 amide bonds. The number of rotatable bonds is 6. The molecule has 0 unspecified atom stereocenters. The lowest BCUT2D eigenvalue weighted by Crippen LogP contribution is -2.24. The molecule has 7 nitrogen and oxygen atoms in total. The number of fused-ring (bicyclic) bond motifs is 1. The summed E-state index contributed by atoms with van der Waals surface area (Å²) in [6, 6.07) is 13.6. The van der Waals surface area contributed by atoms with Crippen molar-refractivity contribution in [2.75, 3.05) is 19.5 Å². The Morgan fingerprint density at radius 2 is 1.83 bits per heavy atom. The number of hydrogen-bond acceptors (Lipinski definition) is 5. The average molecular weight is 394 g/mol. The minimum Gasteiger partial charge on any atom is -0.495 e. The van der Waals surface area contributed by atoms with Gasteiger partial charge in [-0.05, 0) is 36.8 Å². The Kier molecular flexibility index (Phi) is 5.97. The number of pyridine rings is 1. The van der Waals surface area contributed by atoms with Crippen molar-refractivity contribution in [3.05, 3.63) is 70.0 Å². The topological polar surface area (TPSA) is 86.6 Å². The lowest BCUT2D eigenvalue weighted by molar-refractivity contribution is -0.116. The Morgan fingerprint density at radius 1 is 1.07 bits per heavy atom. The zero-order chi connectivity index (χ0) is 21.0. The van der Waals surface area contributed by atoms with Gasteiger partial charge in [0, 0.05) is 30.1 Å². The van der Waals surface area contributed by atoms with Crippen LogP contribution in [0, 0.1) is 6.92 Å². The fraction of sp³-hybridized carbons (Fsp3) is 0.227. The quantitative estimate of drug-likeness (QED) is 0.649. The largest absolute Gasteiger partial charge is 0.495 e. The van der Waals surface area contributed by atoms with E-state index in [1.165, 1.54) is 7.11 Å². The highest BCUT2D eigenvalue weighted by Gasteiger charge is 2.13. The van der Waals surface area contributed by atoms with Crippen LogP contribution in [0.2, 0.25) is 0 Å². The minimum absolute atomic E-state index is 0.0819. The number of ether oxygens (including phenoxy) is 2. The van der Waals surface area contributed by atoms with E-state index in [9.17, 15) is 14.4 Å². The number of para-hydroxylation sites is 1. The first-order valence-electron chi connectivity index (χ1n) is 9.10. The van der Waals surface area contributed by atoms with Gasteiger partial charge in [0.1, 0.15) is 5.75 Å². The van der Waals surface area contributed by atoms with Gasteiger partial charge in [0.25, 0.3) is 5.56 Å².